The number of nitrogens with zero attached hydrogens (tertiary/aromatic N) is 4. The summed E-state index contributed by atoms with van der Waals surface area (Å²) in [6.45, 7) is 10.1. The second kappa shape index (κ2) is 8.60. The number of piperidine rings is 1. The van der Waals surface area contributed by atoms with Gasteiger partial charge in [0, 0.05) is 44.7 Å². The molecule has 0 radical (unpaired) electrons. The Labute approximate surface area is 178 Å². The number of ether oxygens (including phenoxy) is 1. The van der Waals surface area contributed by atoms with Gasteiger partial charge in [-0.3, -0.25) is 4.79 Å². The smallest absolute Gasteiger partial charge is 0.250 e. The number of carbonyl (C=O) groups is 1. The fourth-order valence-electron chi connectivity index (χ4n) is 4.32. The van der Waals surface area contributed by atoms with Gasteiger partial charge in [-0.1, -0.05) is 6.07 Å². The maximum absolute atomic E-state index is 11.4. The van der Waals surface area contributed by atoms with Crippen molar-refractivity contribution in [3.05, 3.63) is 46.8 Å². The molecule has 0 unspecified atom stereocenters. The summed E-state index contributed by atoms with van der Waals surface area (Å²) in [5.41, 5.74) is 8.83. The maximum Gasteiger partial charge on any atom is 0.250 e. The van der Waals surface area contributed by atoms with Crippen molar-refractivity contribution in [1.82, 2.24) is 14.9 Å². The second-order valence-corrected chi connectivity index (χ2v) is 8.54. The maximum atomic E-state index is 11.4. The standard InChI is InChI=1S/C23H31N5O2/c1-15(2)27-11-8-18(9-12-27)30-22-7-4-17-14-28(13-10-20(17)26-22)21-6-5-19(23(24)29)16(3)25-21/h4-7,15,18H,8-14H2,1-3H3,(H2,24,29). The molecule has 2 aromatic rings. The lowest BCUT2D eigenvalue weighted by Gasteiger charge is -2.34. The van der Waals surface area contributed by atoms with Crippen LogP contribution in [0, 0.1) is 6.92 Å². The number of likely N-dealkylation sites (tertiary alicyclic amines) is 1. The molecule has 0 bridgehead atoms. The molecule has 2 N–H and O–H groups in total. The van der Waals surface area contributed by atoms with Crippen LogP contribution in [0.5, 0.6) is 5.88 Å². The molecule has 7 heteroatoms. The third kappa shape index (κ3) is 4.41. The number of rotatable bonds is 5. The van der Waals surface area contributed by atoms with Crippen molar-refractivity contribution in [2.75, 3.05) is 24.5 Å². The molecule has 1 saturated heterocycles. The summed E-state index contributed by atoms with van der Waals surface area (Å²) in [6, 6.07) is 8.34. The summed E-state index contributed by atoms with van der Waals surface area (Å²) >= 11 is 0. The Kier molecular flexibility index (Phi) is 5.90. The van der Waals surface area contributed by atoms with Crippen molar-refractivity contribution in [3.8, 4) is 5.88 Å². The van der Waals surface area contributed by atoms with Crippen LogP contribution in [0.1, 0.15) is 54.0 Å². The first-order valence-corrected chi connectivity index (χ1v) is 10.8. The van der Waals surface area contributed by atoms with Crippen LogP contribution in [0.2, 0.25) is 0 Å². The van der Waals surface area contributed by atoms with Crippen molar-refractivity contribution in [2.45, 2.75) is 58.7 Å². The summed E-state index contributed by atoms with van der Waals surface area (Å²) in [5.74, 6) is 1.16. The van der Waals surface area contributed by atoms with Crippen LogP contribution < -0.4 is 15.4 Å². The predicted octanol–water partition coefficient (Wildman–Crippen LogP) is 2.70. The topological polar surface area (TPSA) is 84.6 Å². The minimum absolute atomic E-state index is 0.251. The molecule has 0 saturated carbocycles. The number of pyridine rings is 2. The molecule has 1 amide bonds. The zero-order chi connectivity index (χ0) is 21.3. The molecule has 160 valence electrons. The Balaban J connectivity index is 1.40. The molecule has 2 aliphatic rings. The van der Waals surface area contributed by atoms with Gasteiger partial charge in [-0.25, -0.2) is 9.97 Å². The van der Waals surface area contributed by atoms with E-state index in [2.05, 4.69) is 34.7 Å². The first-order valence-electron chi connectivity index (χ1n) is 10.8. The Morgan fingerprint density at radius 1 is 1.13 bits per heavy atom. The predicted molar refractivity (Wildman–Crippen MR) is 117 cm³/mol. The zero-order valence-corrected chi connectivity index (χ0v) is 18.1. The fourth-order valence-corrected chi connectivity index (χ4v) is 4.32. The molecule has 30 heavy (non-hydrogen) atoms. The van der Waals surface area contributed by atoms with Crippen LogP contribution in [0.4, 0.5) is 5.82 Å². The van der Waals surface area contributed by atoms with Crippen molar-refractivity contribution < 1.29 is 9.53 Å². The van der Waals surface area contributed by atoms with E-state index in [0.717, 1.165) is 62.8 Å². The van der Waals surface area contributed by atoms with Crippen molar-refractivity contribution >= 4 is 11.7 Å². The molecular formula is C23H31N5O2. The van der Waals surface area contributed by atoms with E-state index in [1.54, 1.807) is 6.07 Å². The molecule has 0 aliphatic carbocycles. The molecule has 2 aromatic heterocycles. The van der Waals surface area contributed by atoms with Crippen LogP contribution in [0.15, 0.2) is 24.3 Å². The normalized spacial score (nSPS) is 17.8. The van der Waals surface area contributed by atoms with Gasteiger partial charge in [0.25, 0.3) is 5.91 Å². The van der Waals surface area contributed by atoms with Crippen molar-refractivity contribution in [1.29, 1.82) is 0 Å². The molecular weight excluding hydrogens is 378 g/mol. The summed E-state index contributed by atoms with van der Waals surface area (Å²) in [4.78, 5) is 25.5. The summed E-state index contributed by atoms with van der Waals surface area (Å²) in [5, 5.41) is 0. The number of amides is 1. The Morgan fingerprint density at radius 3 is 2.57 bits per heavy atom. The zero-order valence-electron chi connectivity index (χ0n) is 18.1. The lowest BCUT2D eigenvalue weighted by atomic mass is 10.0. The third-order valence-electron chi connectivity index (χ3n) is 6.18. The first kappa shape index (κ1) is 20.6. The van der Waals surface area contributed by atoms with Crippen LogP contribution in [-0.2, 0) is 13.0 Å². The van der Waals surface area contributed by atoms with Gasteiger partial charge in [0.15, 0.2) is 0 Å². The van der Waals surface area contributed by atoms with E-state index in [1.165, 1.54) is 5.56 Å². The van der Waals surface area contributed by atoms with Gasteiger partial charge < -0.3 is 20.3 Å². The number of fused-ring (bicyclic) bond motifs is 1. The molecule has 1 fully saturated rings. The van der Waals surface area contributed by atoms with E-state index >= 15 is 0 Å². The number of hydrogen-bond donors (Lipinski definition) is 1. The third-order valence-corrected chi connectivity index (χ3v) is 6.18. The summed E-state index contributed by atoms with van der Waals surface area (Å²) in [7, 11) is 0. The highest BCUT2D eigenvalue weighted by Crippen LogP contribution is 2.26. The van der Waals surface area contributed by atoms with E-state index in [9.17, 15) is 4.79 Å². The van der Waals surface area contributed by atoms with E-state index < -0.39 is 5.91 Å². The number of carbonyl (C=O) groups excluding carboxylic acids is 1. The van der Waals surface area contributed by atoms with Crippen LogP contribution in [0.25, 0.3) is 0 Å². The lowest BCUT2D eigenvalue weighted by Crippen LogP contribution is -2.41. The highest BCUT2D eigenvalue weighted by atomic mass is 16.5. The van der Waals surface area contributed by atoms with Crippen molar-refractivity contribution in [3.63, 3.8) is 0 Å². The van der Waals surface area contributed by atoms with Gasteiger partial charge in [-0.2, -0.15) is 0 Å². The van der Waals surface area contributed by atoms with Crippen molar-refractivity contribution in [2.24, 2.45) is 5.73 Å². The second-order valence-electron chi connectivity index (χ2n) is 8.54. The Hall–Kier alpha value is -2.67. The molecule has 7 nitrogen and oxygen atoms in total. The number of aromatic nitrogens is 2. The van der Waals surface area contributed by atoms with E-state index in [1.807, 2.05) is 19.1 Å². The van der Waals surface area contributed by atoms with Gasteiger partial charge in [-0.05, 0) is 51.3 Å². The SMILES string of the molecule is Cc1nc(N2CCc3nc(OC4CCN(C(C)C)CC4)ccc3C2)ccc1C(N)=O. The van der Waals surface area contributed by atoms with E-state index in [-0.39, 0.29) is 6.10 Å². The largest absolute Gasteiger partial charge is 0.474 e. The number of hydrogen-bond acceptors (Lipinski definition) is 6. The first-order chi connectivity index (χ1) is 14.4. The monoisotopic (exact) mass is 409 g/mol. The van der Waals surface area contributed by atoms with E-state index in [4.69, 9.17) is 15.5 Å². The molecule has 2 aliphatic heterocycles. The molecule has 4 rings (SSSR count). The number of anilines is 1. The van der Waals surface area contributed by atoms with Crippen LogP contribution in [-0.4, -0.2) is 52.6 Å². The molecule has 0 aromatic carbocycles. The van der Waals surface area contributed by atoms with E-state index in [0.29, 0.717) is 17.3 Å². The molecule has 4 heterocycles. The number of nitrogens with two attached hydrogens (primary N) is 1. The van der Waals surface area contributed by atoms with Gasteiger partial charge in [0.1, 0.15) is 11.9 Å². The average molecular weight is 410 g/mol. The lowest BCUT2D eigenvalue weighted by molar-refractivity contribution is 0.0811. The van der Waals surface area contributed by atoms with Gasteiger partial charge in [-0.15, -0.1) is 0 Å². The Morgan fingerprint density at radius 2 is 1.90 bits per heavy atom. The van der Waals surface area contributed by atoms with Gasteiger partial charge in [0.2, 0.25) is 5.88 Å². The minimum Gasteiger partial charge on any atom is -0.474 e. The van der Waals surface area contributed by atoms with Crippen LogP contribution >= 0.6 is 0 Å². The molecule has 0 spiro atoms. The van der Waals surface area contributed by atoms with Gasteiger partial charge in [0.05, 0.1) is 17.0 Å². The summed E-state index contributed by atoms with van der Waals surface area (Å²) < 4.78 is 6.20. The fraction of sp³-hybridized carbons (Fsp3) is 0.522. The quantitative estimate of drug-likeness (QED) is 0.817. The Bertz CT molecular complexity index is 922. The number of primary amides is 1. The highest BCUT2D eigenvalue weighted by Gasteiger charge is 2.24. The molecule has 0 atom stereocenters. The van der Waals surface area contributed by atoms with Crippen LogP contribution in [0.3, 0.4) is 0 Å². The highest BCUT2D eigenvalue weighted by molar-refractivity contribution is 5.94. The average Bonchev–Trinajstić information content (AvgIpc) is 2.73. The minimum atomic E-state index is -0.442. The van der Waals surface area contributed by atoms with Gasteiger partial charge >= 0.3 is 0 Å². The number of aryl methyl sites for hydroxylation is 1. The summed E-state index contributed by atoms with van der Waals surface area (Å²) in [6.07, 6.45) is 3.20.